The molecule has 1 aromatic rings. The fourth-order valence-corrected chi connectivity index (χ4v) is 4.76. The van der Waals surface area contributed by atoms with Crippen molar-refractivity contribution < 1.29 is 4.79 Å². The zero-order valence-electron chi connectivity index (χ0n) is 9.85. The molecule has 94 valence electrons. The average molecular weight is 381 g/mol. The Hall–Kier alpha value is 0.130. The first-order valence-electron chi connectivity index (χ1n) is 5.68. The van der Waals surface area contributed by atoms with Gasteiger partial charge >= 0.3 is 0 Å². The first-order valence-corrected chi connectivity index (χ1v) is 8.08. The molecule has 2 rings (SSSR count). The predicted octanol–water partition coefficient (Wildman–Crippen LogP) is 4.44. The van der Waals surface area contributed by atoms with E-state index in [1.165, 1.54) is 24.2 Å². The second-order valence-electron chi connectivity index (χ2n) is 4.94. The maximum absolute atomic E-state index is 12.0. The Bertz CT molecular complexity index is 438. The van der Waals surface area contributed by atoms with Gasteiger partial charge in [-0.25, -0.2) is 0 Å². The van der Waals surface area contributed by atoms with Crippen molar-refractivity contribution in [3.63, 3.8) is 0 Å². The van der Waals surface area contributed by atoms with E-state index in [1.807, 2.05) is 6.07 Å². The summed E-state index contributed by atoms with van der Waals surface area (Å²) in [5, 5.41) is 3.05. The number of rotatable bonds is 4. The summed E-state index contributed by atoms with van der Waals surface area (Å²) in [5.41, 5.74) is 1.08. The topological polar surface area (TPSA) is 29.1 Å². The minimum atomic E-state index is 0.0192. The molecule has 0 aromatic carbocycles. The minimum absolute atomic E-state index is 0.0192. The van der Waals surface area contributed by atoms with Crippen LogP contribution in [0.5, 0.6) is 0 Å². The smallest absolute Gasteiger partial charge is 0.253 e. The van der Waals surface area contributed by atoms with E-state index < -0.39 is 0 Å². The lowest BCUT2D eigenvalue weighted by molar-refractivity contribution is 0.0939. The largest absolute Gasteiger partial charge is 0.351 e. The maximum Gasteiger partial charge on any atom is 0.253 e. The first kappa shape index (κ1) is 13.6. The molecule has 5 heteroatoms. The number of carbonyl (C=O) groups is 1. The molecule has 1 saturated carbocycles. The molecule has 0 bridgehead atoms. The van der Waals surface area contributed by atoms with Gasteiger partial charge in [0, 0.05) is 6.54 Å². The lowest BCUT2D eigenvalue weighted by atomic mass is 9.92. The molecule has 1 amide bonds. The van der Waals surface area contributed by atoms with Crippen LogP contribution in [0.2, 0.25) is 0 Å². The quantitative estimate of drug-likeness (QED) is 0.821. The number of hydrogen-bond donors (Lipinski definition) is 1. The monoisotopic (exact) mass is 379 g/mol. The van der Waals surface area contributed by atoms with Gasteiger partial charge in [-0.2, -0.15) is 0 Å². The maximum atomic E-state index is 12.0. The molecular formula is C12H15Br2NOS. The highest BCUT2D eigenvalue weighted by atomic mass is 79.9. The molecule has 1 heterocycles. The van der Waals surface area contributed by atoms with Crippen LogP contribution in [0.4, 0.5) is 0 Å². The number of halogens is 2. The third-order valence-corrected chi connectivity index (χ3v) is 5.96. The summed E-state index contributed by atoms with van der Waals surface area (Å²) in [4.78, 5) is 12.0. The Morgan fingerprint density at radius 1 is 1.53 bits per heavy atom. The van der Waals surface area contributed by atoms with E-state index in [1.54, 1.807) is 0 Å². The van der Waals surface area contributed by atoms with Crippen LogP contribution in [0.25, 0.3) is 0 Å². The third kappa shape index (κ3) is 2.93. The highest BCUT2D eigenvalue weighted by Crippen LogP contribution is 2.51. The van der Waals surface area contributed by atoms with Crippen LogP contribution in [0.1, 0.15) is 37.0 Å². The van der Waals surface area contributed by atoms with Crippen LogP contribution in [0.15, 0.2) is 13.6 Å². The fourth-order valence-electron chi connectivity index (χ4n) is 1.97. The predicted molar refractivity (Wildman–Crippen MR) is 78.6 cm³/mol. The Morgan fingerprint density at radius 2 is 2.18 bits per heavy atom. The molecule has 0 spiro atoms. The van der Waals surface area contributed by atoms with Crippen molar-refractivity contribution in [1.82, 2.24) is 5.32 Å². The number of carbonyl (C=O) groups excluding carboxylic acids is 1. The van der Waals surface area contributed by atoms with Gasteiger partial charge in [0.1, 0.15) is 0 Å². The summed E-state index contributed by atoms with van der Waals surface area (Å²) in [7, 11) is 0. The Kier molecular flexibility index (Phi) is 4.00. The van der Waals surface area contributed by atoms with E-state index in [-0.39, 0.29) is 5.91 Å². The Labute approximate surface area is 122 Å². The lowest BCUT2D eigenvalue weighted by Crippen LogP contribution is -2.32. The van der Waals surface area contributed by atoms with Crippen LogP contribution < -0.4 is 5.32 Å². The minimum Gasteiger partial charge on any atom is -0.351 e. The molecule has 2 nitrogen and oxygen atoms in total. The standard InChI is InChI=1S/C12H15Br2NOS/c1-7(2)12(3-4-12)6-15-11(16)8-5-9(13)17-10(8)14/h5,7H,3-4,6H2,1-2H3,(H,15,16). The molecule has 0 aliphatic heterocycles. The molecule has 1 N–H and O–H groups in total. The number of amides is 1. The second kappa shape index (κ2) is 5.02. The number of nitrogens with one attached hydrogen (secondary N) is 1. The molecule has 17 heavy (non-hydrogen) atoms. The van der Waals surface area contributed by atoms with Gasteiger partial charge < -0.3 is 5.32 Å². The SMILES string of the molecule is CC(C)C1(CNC(=O)c2cc(Br)sc2Br)CC1. The summed E-state index contributed by atoms with van der Waals surface area (Å²) < 4.78 is 1.86. The molecule has 0 radical (unpaired) electrons. The van der Waals surface area contributed by atoms with Crippen LogP contribution in [-0.2, 0) is 0 Å². The molecular weight excluding hydrogens is 366 g/mol. The summed E-state index contributed by atoms with van der Waals surface area (Å²) in [5.74, 6) is 0.659. The molecule has 0 atom stereocenters. The first-order chi connectivity index (χ1) is 7.94. The number of hydrogen-bond acceptors (Lipinski definition) is 2. The summed E-state index contributed by atoms with van der Waals surface area (Å²) in [6, 6.07) is 1.86. The van der Waals surface area contributed by atoms with Crippen molar-refractivity contribution in [2.24, 2.45) is 11.3 Å². The van der Waals surface area contributed by atoms with E-state index in [4.69, 9.17) is 0 Å². The van der Waals surface area contributed by atoms with Gasteiger partial charge in [-0.1, -0.05) is 13.8 Å². The second-order valence-corrected chi connectivity index (χ2v) is 8.69. The van der Waals surface area contributed by atoms with Crippen molar-refractivity contribution in [1.29, 1.82) is 0 Å². The van der Waals surface area contributed by atoms with Gasteiger partial charge in [0.05, 0.1) is 13.1 Å². The zero-order valence-corrected chi connectivity index (χ0v) is 13.8. The summed E-state index contributed by atoms with van der Waals surface area (Å²) >= 11 is 8.32. The molecule has 0 unspecified atom stereocenters. The van der Waals surface area contributed by atoms with Crippen molar-refractivity contribution in [3.8, 4) is 0 Å². The Balaban J connectivity index is 1.96. The van der Waals surface area contributed by atoms with Gasteiger partial charge in [-0.05, 0) is 62.1 Å². The van der Waals surface area contributed by atoms with Crippen molar-refractivity contribution in [2.75, 3.05) is 6.54 Å². The highest BCUT2D eigenvalue weighted by molar-refractivity contribution is 9.12. The van der Waals surface area contributed by atoms with E-state index >= 15 is 0 Å². The average Bonchev–Trinajstić information content (AvgIpc) is 2.97. The van der Waals surface area contributed by atoms with Crippen molar-refractivity contribution >= 4 is 49.1 Å². The highest BCUT2D eigenvalue weighted by Gasteiger charge is 2.45. The van der Waals surface area contributed by atoms with Gasteiger partial charge in [0.25, 0.3) is 5.91 Å². The van der Waals surface area contributed by atoms with E-state index in [0.29, 0.717) is 11.3 Å². The van der Waals surface area contributed by atoms with Crippen molar-refractivity contribution in [2.45, 2.75) is 26.7 Å². The zero-order chi connectivity index (χ0) is 12.6. The summed E-state index contributed by atoms with van der Waals surface area (Å²) in [6.45, 7) is 5.26. The molecule has 0 saturated heterocycles. The summed E-state index contributed by atoms with van der Waals surface area (Å²) in [6.07, 6.45) is 2.47. The van der Waals surface area contributed by atoms with E-state index in [9.17, 15) is 4.79 Å². The van der Waals surface area contributed by atoms with E-state index in [0.717, 1.165) is 19.7 Å². The van der Waals surface area contributed by atoms with Crippen LogP contribution in [0, 0.1) is 11.3 Å². The third-order valence-electron chi connectivity index (χ3n) is 3.62. The van der Waals surface area contributed by atoms with Gasteiger partial charge in [0.15, 0.2) is 0 Å². The van der Waals surface area contributed by atoms with E-state index in [2.05, 4.69) is 51.0 Å². The van der Waals surface area contributed by atoms with Crippen LogP contribution in [-0.4, -0.2) is 12.5 Å². The molecule has 1 fully saturated rings. The molecule has 1 aliphatic rings. The number of thiophene rings is 1. The van der Waals surface area contributed by atoms with Crippen LogP contribution in [0.3, 0.4) is 0 Å². The molecule has 1 aromatic heterocycles. The fraction of sp³-hybridized carbons (Fsp3) is 0.583. The van der Waals surface area contributed by atoms with Gasteiger partial charge in [-0.3, -0.25) is 4.79 Å². The van der Waals surface area contributed by atoms with Gasteiger partial charge in [-0.15, -0.1) is 11.3 Å². The lowest BCUT2D eigenvalue weighted by Gasteiger charge is -2.19. The molecule has 1 aliphatic carbocycles. The van der Waals surface area contributed by atoms with Crippen LogP contribution >= 0.6 is 43.2 Å². The van der Waals surface area contributed by atoms with Crippen molar-refractivity contribution in [3.05, 3.63) is 19.2 Å². The normalized spacial score (nSPS) is 17.2. The Morgan fingerprint density at radius 3 is 2.59 bits per heavy atom. The van der Waals surface area contributed by atoms with Gasteiger partial charge in [0.2, 0.25) is 0 Å².